The van der Waals surface area contributed by atoms with E-state index in [0.717, 1.165) is 48.3 Å². The highest BCUT2D eigenvalue weighted by molar-refractivity contribution is 7.85. The number of nitrogens with one attached hydrogen (secondary N) is 1. The topological polar surface area (TPSA) is 58.1 Å². The van der Waals surface area contributed by atoms with Crippen LogP contribution in [0.3, 0.4) is 0 Å². The zero-order valence-corrected chi connectivity index (χ0v) is 13.7. The Morgan fingerprint density at radius 2 is 2.10 bits per heavy atom. The minimum absolute atomic E-state index is 0.340. The summed E-state index contributed by atoms with van der Waals surface area (Å²) < 4.78 is 11.5. The molecule has 1 saturated heterocycles. The van der Waals surface area contributed by atoms with Crippen molar-refractivity contribution in [2.75, 3.05) is 29.5 Å². The zero-order valence-electron chi connectivity index (χ0n) is 12.8. The molecule has 1 aliphatic heterocycles. The van der Waals surface area contributed by atoms with Gasteiger partial charge < -0.3 is 10.2 Å². The second-order valence-corrected chi connectivity index (χ2v) is 7.90. The van der Waals surface area contributed by atoms with Crippen molar-refractivity contribution in [3.05, 3.63) is 17.7 Å². The van der Waals surface area contributed by atoms with Gasteiger partial charge in [-0.2, -0.15) is 0 Å². The molecule has 1 aliphatic carbocycles. The van der Waals surface area contributed by atoms with Crippen LogP contribution in [0.5, 0.6) is 0 Å². The quantitative estimate of drug-likeness (QED) is 0.891. The van der Waals surface area contributed by atoms with Gasteiger partial charge >= 0.3 is 0 Å². The molecule has 2 fully saturated rings. The Morgan fingerprint density at radius 3 is 2.71 bits per heavy atom. The van der Waals surface area contributed by atoms with Crippen molar-refractivity contribution in [1.82, 2.24) is 15.3 Å². The lowest BCUT2D eigenvalue weighted by atomic mass is 10.2. The van der Waals surface area contributed by atoms with E-state index in [0.29, 0.717) is 12.0 Å². The van der Waals surface area contributed by atoms with Crippen LogP contribution in [0.2, 0.25) is 0 Å². The maximum Gasteiger partial charge on any atom is 0.131 e. The van der Waals surface area contributed by atoms with Gasteiger partial charge in [-0.15, -0.1) is 0 Å². The third-order valence-electron chi connectivity index (χ3n) is 4.03. The minimum atomic E-state index is -0.652. The third kappa shape index (κ3) is 3.80. The normalized spacial score (nSPS) is 20.2. The monoisotopic (exact) mass is 308 g/mol. The Hall–Kier alpha value is -1.01. The summed E-state index contributed by atoms with van der Waals surface area (Å²) >= 11 is 0. The van der Waals surface area contributed by atoms with Crippen LogP contribution in [0.1, 0.15) is 44.1 Å². The molecule has 1 saturated carbocycles. The van der Waals surface area contributed by atoms with Crippen LogP contribution in [0, 0.1) is 0 Å². The molecule has 0 atom stereocenters. The van der Waals surface area contributed by atoms with E-state index in [4.69, 9.17) is 4.98 Å². The van der Waals surface area contributed by atoms with E-state index in [9.17, 15) is 4.21 Å². The van der Waals surface area contributed by atoms with E-state index >= 15 is 0 Å². The average Bonchev–Trinajstić information content (AvgIpc) is 3.30. The van der Waals surface area contributed by atoms with Gasteiger partial charge in [-0.1, -0.05) is 13.8 Å². The van der Waals surface area contributed by atoms with Gasteiger partial charge in [0.05, 0.1) is 17.6 Å². The van der Waals surface area contributed by atoms with Gasteiger partial charge in [0.2, 0.25) is 0 Å². The molecule has 0 spiro atoms. The summed E-state index contributed by atoms with van der Waals surface area (Å²) in [5, 5.41) is 3.55. The van der Waals surface area contributed by atoms with E-state index in [1.54, 1.807) is 0 Å². The molecule has 116 valence electrons. The van der Waals surface area contributed by atoms with Crippen LogP contribution in [0.15, 0.2) is 6.20 Å². The molecule has 2 aliphatic rings. The Labute approximate surface area is 129 Å². The van der Waals surface area contributed by atoms with Crippen LogP contribution in [-0.2, 0) is 17.3 Å². The first-order chi connectivity index (χ1) is 10.1. The number of hydrogen-bond donors (Lipinski definition) is 1. The first-order valence-electron chi connectivity index (χ1n) is 7.82. The Bertz CT molecular complexity index is 520. The van der Waals surface area contributed by atoms with E-state index in [-0.39, 0.29) is 0 Å². The standard InChI is InChI=1S/C15H24N4OS/c1-11(2)15-17-10-14(19-5-7-21(20)8-6-19)13(18-15)9-16-12-3-4-12/h10-12,16H,3-9H2,1-2H3. The molecule has 21 heavy (non-hydrogen) atoms. The molecule has 0 unspecified atom stereocenters. The van der Waals surface area contributed by atoms with Gasteiger partial charge in [0.15, 0.2) is 0 Å². The van der Waals surface area contributed by atoms with E-state index in [1.165, 1.54) is 12.8 Å². The van der Waals surface area contributed by atoms with Crippen LogP contribution in [-0.4, -0.2) is 44.8 Å². The lowest BCUT2D eigenvalue weighted by Crippen LogP contribution is -2.39. The second kappa shape index (κ2) is 6.40. The van der Waals surface area contributed by atoms with Crippen molar-refractivity contribution in [3.63, 3.8) is 0 Å². The molecule has 0 bridgehead atoms. The average molecular weight is 308 g/mol. The zero-order chi connectivity index (χ0) is 14.8. The second-order valence-electron chi connectivity index (χ2n) is 6.21. The Balaban J connectivity index is 1.80. The molecule has 0 aromatic carbocycles. The van der Waals surface area contributed by atoms with Crippen molar-refractivity contribution >= 4 is 16.5 Å². The van der Waals surface area contributed by atoms with E-state index in [2.05, 4.69) is 29.0 Å². The van der Waals surface area contributed by atoms with E-state index < -0.39 is 10.8 Å². The summed E-state index contributed by atoms with van der Waals surface area (Å²) in [6.07, 6.45) is 4.51. The number of anilines is 1. The molecular formula is C15H24N4OS. The van der Waals surface area contributed by atoms with Gasteiger partial charge in [0, 0.05) is 53.9 Å². The SMILES string of the molecule is CC(C)c1ncc(N2CCS(=O)CC2)c(CNC2CC2)n1. The predicted octanol–water partition coefficient (Wildman–Crippen LogP) is 1.42. The van der Waals surface area contributed by atoms with Gasteiger partial charge in [-0.25, -0.2) is 9.97 Å². The molecule has 1 N–H and O–H groups in total. The lowest BCUT2D eigenvalue weighted by Gasteiger charge is -2.29. The molecule has 5 nitrogen and oxygen atoms in total. The van der Waals surface area contributed by atoms with Crippen molar-refractivity contribution in [3.8, 4) is 0 Å². The van der Waals surface area contributed by atoms with E-state index in [1.807, 2.05) is 6.20 Å². The molecule has 1 aromatic rings. The molecule has 6 heteroatoms. The predicted molar refractivity (Wildman–Crippen MR) is 86.1 cm³/mol. The lowest BCUT2D eigenvalue weighted by molar-refractivity contribution is 0.651. The van der Waals surface area contributed by atoms with Crippen molar-refractivity contribution < 1.29 is 4.21 Å². The molecule has 2 heterocycles. The molecule has 0 amide bonds. The van der Waals surface area contributed by atoms with Gasteiger partial charge in [-0.3, -0.25) is 4.21 Å². The van der Waals surface area contributed by atoms with Gasteiger partial charge in [0.1, 0.15) is 5.82 Å². The first-order valence-corrected chi connectivity index (χ1v) is 9.31. The molecular weight excluding hydrogens is 284 g/mol. The Kier molecular flexibility index (Phi) is 4.54. The number of hydrogen-bond acceptors (Lipinski definition) is 5. The number of nitrogens with zero attached hydrogens (tertiary/aromatic N) is 3. The molecule has 1 aromatic heterocycles. The van der Waals surface area contributed by atoms with Gasteiger partial charge in [-0.05, 0) is 12.8 Å². The fraction of sp³-hybridized carbons (Fsp3) is 0.733. The first kappa shape index (κ1) is 14.9. The number of aromatic nitrogens is 2. The largest absolute Gasteiger partial charge is 0.367 e. The Morgan fingerprint density at radius 1 is 1.38 bits per heavy atom. The number of rotatable bonds is 5. The summed E-state index contributed by atoms with van der Waals surface area (Å²) in [4.78, 5) is 11.6. The smallest absolute Gasteiger partial charge is 0.131 e. The third-order valence-corrected chi connectivity index (χ3v) is 5.31. The maximum atomic E-state index is 11.5. The summed E-state index contributed by atoms with van der Waals surface area (Å²) in [6.45, 7) is 6.73. The van der Waals surface area contributed by atoms with Crippen LogP contribution in [0.25, 0.3) is 0 Å². The fourth-order valence-corrected chi connectivity index (χ4v) is 3.56. The van der Waals surface area contributed by atoms with Crippen LogP contribution >= 0.6 is 0 Å². The summed E-state index contributed by atoms with van der Waals surface area (Å²) in [5.41, 5.74) is 2.21. The van der Waals surface area contributed by atoms with Crippen molar-refractivity contribution in [2.45, 2.75) is 45.2 Å². The molecule has 0 radical (unpaired) electrons. The highest BCUT2D eigenvalue weighted by Gasteiger charge is 2.23. The maximum absolute atomic E-state index is 11.5. The molecule has 3 rings (SSSR count). The highest BCUT2D eigenvalue weighted by Crippen LogP contribution is 2.24. The van der Waals surface area contributed by atoms with Crippen LogP contribution < -0.4 is 10.2 Å². The summed E-state index contributed by atoms with van der Waals surface area (Å²) in [7, 11) is -0.652. The minimum Gasteiger partial charge on any atom is -0.367 e. The van der Waals surface area contributed by atoms with Crippen molar-refractivity contribution in [1.29, 1.82) is 0 Å². The van der Waals surface area contributed by atoms with Crippen LogP contribution in [0.4, 0.5) is 5.69 Å². The highest BCUT2D eigenvalue weighted by atomic mass is 32.2. The summed E-state index contributed by atoms with van der Waals surface area (Å²) in [5.74, 6) is 2.75. The van der Waals surface area contributed by atoms with Crippen molar-refractivity contribution in [2.24, 2.45) is 0 Å². The summed E-state index contributed by atoms with van der Waals surface area (Å²) in [6, 6.07) is 0.671. The fourth-order valence-electron chi connectivity index (χ4n) is 2.51. The van der Waals surface area contributed by atoms with Gasteiger partial charge in [0.25, 0.3) is 0 Å².